The van der Waals surface area contributed by atoms with Gasteiger partial charge in [0.2, 0.25) is 0 Å². The lowest BCUT2D eigenvalue weighted by Gasteiger charge is -2.22. The second-order valence-electron chi connectivity index (χ2n) is 18.9. The van der Waals surface area contributed by atoms with E-state index in [1.54, 1.807) is 12.2 Å². The van der Waals surface area contributed by atoms with Gasteiger partial charge in [-0.15, -0.1) is 6.58 Å². The Morgan fingerprint density at radius 1 is 0.408 bits per heavy atom. The maximum absolute atomic E-state index is 4.34. The maximum Gasteiger partial charge on any atom is 0.0553 e. The van der Waals surface area contributed by atoms with E-state index in [2.05, 4.69) is 231 Å². The summed E-state index contributed by atoms with van der Waals surface area (Å²) in [6.45, 7) is 24.0. The number of allylic oxidation sites excluding steroid dienone is 4. The fourth-order valence-electron chi connectivity index (χ4n) is 11.5. The Kier molecular flexibility index (Phi) is 11.3. The molecule has 0 unspecified atom stereocenters. The van der Waals surface area contributed by atoms with Gasteiger partial charge in [-0.2, -0.15) is 0 Å². The van der Waals surface area contributed by atoms with Crippen LogP contribution in [-0.2, 0) is 5.41 Å². The highest BCUT2D eigenvalue weighted by Crippen LogP contribution is 2.52. The lowest BCUT2D eigenvalue weighted by molar-refractivity contribution is 0.660. The van der Waals surface area contributed by atoms with Gasteiger partial charge >= 0.3 is 0 Å². The zero-order chi connectivity index (χ0) is 49.0. The molecule has 2 aromatic heterocycles. The van der Waals surface area contributed by atoms with Gasteiger partial charge < -0.3 is 9.13 Å². The minimum atomic E-state index is -0.101. The summed E-state index contributed by atoms with van der Waals surface area (Å²) in [5.41, 5.74) is 23.2. The summed E-state index contributed by atoms with van der Waals surface area (Å²) in [4.78, 5) is 0. The number of hydrogen-bond donors (Lipinski definition) is 0. The molecular formula is C69H56N2. The monoisotopic (exact) mass is 912 g/mol. The van der Waals surface area contributed by atoms with Crippen molar-refractivity contribution in [3.63, 3.8) is 0 Å². The van der Waals surface area contributed by atoms with Crippen molar-refractivity contribution in [1.82, 2.24) is 9.13 Å². The van der Waals surface area contributed by atoms with Gasteiger partial charge in [-0.25, -0.2) is 0 Å². The van der Waals surface area contributed by atoms with Crippen molar-refractivity contribution >= 4 is 55.6 Å². The molecule has 71 heavy (non-hydrogen) atoms. The van der Waals surface area contributed by atoms with Crippen molar-refractivity contribution in [2.45, 2.75) is 33.1 Å². The third-order valence-corrected chi connectivity index (χ3v) is 14.5. The highest BCUT2D eigenvalue weighted by Gasteiger charge is 2.35. The van der Waals surface area contributed by atoms with E-state index >= 15 is 0 Å². The van der Waals surface area contributed by atoms with Gasteiger partial charge in [0, 0.05) is 38.5 Å². The summed E-state index contributed by atoms with van der Waals surface area (Å²) in [6.07, 6.45) is 11.3. The van der Waals surface area contributed by atoms with Gasteiger partial charge in [0.1, 0.15) is 0 Å². The van der Waals surface area contributed by atoms with Gasteiger partial charge in [0.05, 0.1) is 22.2 Å². The molecule has 0 saturated carbocycles. The largest absolute Gasteiger partial charge is 0.309 e. The molecule has 0 radical (unpaired) electrons. The summed E-state index contributed by atoms with van der Waals surface area (Å²) in [5, 5.41) is 6.29. The molecular weight excluding hydrogens is 857 g/mol. The molecule has 342 valence electrons. The second-order valence-corrected chi connectivity index (χ2v) is 18.9. The Morgan fingerprint density at radius 3 is 1.69 bits per heavy atom. The fourth-order valence-corrected chi connectivity index (χ4v) is 11.5. The molecule has 11 aromatic rings. The van der Waals surface area contributed by atoms with Crippen LogP contribution < -0.4 is 0 Å². The summed E-state index contributed by atoms with van der Waals surface area (Å²) in [5.74, 6) is 0. The highest BCUT2D eigenvalue weighted by molar-refractivity contribution is 6.29. The molecule has 0 amide bonds. The first-order valence-electron chi connectivity index (χ1n) is 24.5. The number of nitrogens with zero attached hydrogens (tertiary/aromatic N) is 2. The van der Waals surface area contributed by atoms with Crippen molar-refractivity contribution in [3.8, 4) is 67.0 Å². The summed E-state index contributed by atoms with van der Waals surface area (Å²) >= 11 is 0. The molecule has 2 heterocycles. The Balaban J connectivity index is 0.000000639. The third-order valence-electron chi connectivity index (χ3n) is 14.5. The molecule has 2 aliphatic carbocycles. The van der Waals surface area contributed by atoms with Gasteiger partial charge in [0.15, 0.2) is 0 Å². The first kappa shape index (κ1) is 44.8. The summed E-state index contributed by atoms with van der Waals surface area (Å²) in [7, 11) is 0. The zero-order valence-corrected chi connectivity index (χ0v) is 41.0. The molecule has 0 spiro atoms. The molecule has 0 atom stereocenters. The minimum Gasteiger partial charge on any atom is -0.309 e. The SMILES string of the molecule is C=C/C=C\C.C=CC.C=Cc1c(C=C)n(-c2ccc3c(c2)C(C)(C)c2ccccc2-3)c2ccc(-c3ccc4c(c3)c3c5cccc6c5c(cc3n4-c3cccc(-c4ccccc4)c3)-c3ccccc3-6)cc12. The number of fused-ring (bicyclic) bond motifs is 11. The summed E-state index contributed by atoms with van der Waals surface area (Å²) < 4.78 is 4.85. The molecule has 0 fully saturated rings. The van der Waals surface area contributed by atoms with Crippen LogP contribution in [0.15, 0.2) is 233 Å². The van der Waals surface area contributed by atoms with Crippen LogP contribution in [0.5, 0.6) is 0 Å². The Morgan fingerprint density at radius 2 is 1.00 bits per heavy atom. The van der Waals surface area contributed by atoms with Crippen LogP contribution in [0.1, 0.15) is 50.1 Å². The molecule has 0 bridgehead atoms. The summed E-state index contributed by atoms with van der Waals surface area (Å²) in [6, 6.07) is 67.6. The van der Waals surface area contributed by atoms with Crippen molar-refractivity contribution in [2.75, 3.05) is 0 Å². The fraction of sp³-hybridized carbons (Fsp3) is 0.0725. The van der Waals surface area contributed by atoms with Crippen LogP contribution in [0.25, 0.3) is 123 Å². The maximum atomic E-state index is 4.34. The van der Waals surface area contributed by atoms with Gasteiger partial charge in [-0.05, 0) is 152 Å². The van der Waals surface area contributed by atoms with E-state index in [4.69, 9.17) is 0 Å². The van der Waals surface area contributed by atoms with Crippen LogP contribution >= 0.6 is 0 Å². The van der Waals surface area contributed by atoms with E-state index < -0.39 is 0 Å². The standard InChI is InChI=1S/C61H42N2.C5H8.C3H6/c1-5-43-50-33-39(26-30-56(50)62(55(43)6-2)42-28-29-47-46-22-12-13-25-53(46)61(3,4)54(47)35-42)40-27-31-57-52(34-40)60-49-24-15-23-48-44-20-10-11-21-45(44)51(59(48)49)36-58(60)63(57)41-19-14-18-38(32-41)37-16-8-7-9-17-37;1-3-5-4-2;1-3-2/h5-36H,1-2H2,3-4H3;3-5H,1H2,2H3;3H,1H2,2H3/b;5-4-;. The average Bonchev–Trinajstić information content (AvgIpc) is 4.10. The molecule has 2 aliphatic rings. The molecule has 2 heteroatoms. The van der Waals surface area contributed by atoms with Crippen molar-refractivity contribution in [3.05, 3.63) is 255 Å². The van der Waals surface area contributed by atoms with Crippen LogP contribution in [0.2, 0.25) is 0 Å². The van der Waals surface area contributed by atoms with Gasteiger partial charge in [-0.3, -0.25) is 0 Å². The predicted molar refractivity (Wildman–Crippen MR) is 309 cm³/mol. The van der Waals surface area contributed by atoms with Crippen LogP contribution in [0.3, 0.4) is 0 Å². The number of benzene rings is 9. The molecule has 2 nitrogen and oxygen atoms in total. The van der Waals surface area contributed by atoms with E-state index in [1.165, 1.54) is 93.8 Å². The van der Waals surface area contributed by atoms with Gasteiger partial charge in [-0.1, -0.05) is 191 Å². The smallest absolute Gasteiger partial charge is 0.0553 e. The van der Waals surface area contributed by atoms with Gasteiger partial charge in [0.25, 0.3) is 0 Å². The highest BCUT2D eigenvalue weighted by atomic mass is 15.0. The molecule has 0 saturated heterocycles. The van der Waals surface area contributed by atoms with E-state index in [-0.39, 0.29) is 5.41 Å². The quantitative estimate of drug-likeness (QED) is 0.111. The molecule has 0 aliphatic heterocycles. The van der Waals surface area contributed by atoms with E-state index in [1.807, 2.05) is 38.2 Å². The minimum absolute atomic E-state index is 0.101. The number of rotatable bonds is 7. The van der Waals surface area contributed by atoms with Crippen LogP contribution in [-0.4, -0.2) is 9.13 Å². The Labute approximate surface area is 417 Å². The predicted octanol–water partition coefficient (Wildman–Crippen LogP) is 19.4. The average molecular weight is 913 g/mol. The zero-order valence-electron chi connectivity index (χ0n) is 41.0. The molecule has 0 N–H and O–H groups in total. The van der Waals surface area contributed by atoms with E-state index in [9.17, 15) is 0 Å². The number of aromatic nitrogens is 2. The van der Waals surface area contributed by atoms with Crippen LogP contribution in [0, 0.1) is 0 Å². The third kappa shape index (κ3) is 7.09. The topological polar surface area (TPSA) is 9.86 Å². The van der Waals surface area contributed by atoms with E-state index in [0.717, 1.165) is 39.1 Å². The van der Waals surface area contributed by atoms with Crippen LogP contribution in [0.4, 0.5) is 0 Å². The van der Waals surface area contributed by atoms with Crippen molar-refractivity contribution in [2.24, 2.45) is 0 Å². The molecule has 9 aromatic carbocycles. The first-order chi connectivity index (χ1) is 34.8. The lowest BCUT2D eigenvalue weighted by Crippen LogP contribution is -2.15. The Hall–Kier alpha value is -8.72. The first-order valence-corrected chi connectivity index (χ1v) is 24.5. The lowest BCUT2D eigenvalue weighted by atomic mass is 9.82. The number of hydrogen-bond acceptors (Lipinski definition) is 0. The molecule has 13 rings (SSSR count). The Bertz CT molecular complexity index is 3990. The second kappa shape index (κ2) is 18.0. The normalized spacial score (nSPS) is 12.5. The van der Waals surface area contributed by atoms with Crippen molar-refractivity contribution < 1.29 is 0 Å². The van der Waals surface area contributed by atoms with Crippen molar-refractivity contribution in [1.29, 1.82) is 0 Å². The van der Waals surface area contributed by atoms with E-state index in [0.29, 0.717) is 0 Å².